The Bertz CT molecular complexity index is 536. The summed E-state index contributed by atoms with van der Waals surface area (Å²) in [5, 5.41) is 12.7. The van der Waals surface area contributed by atoms with Crippen LogP contribution in [-0.2, 0) is 0 Å². The Morgan fingerprint density at radius 3 is 2.68 bits per heavy atom. The molecule has 5 nitrogen and oxygen atoms in total. The molecule has 1 aromatic rings. The van der Waals surface area contributed by atoms with Crippen molar-refractivity contribution in [1.82, 2.24) is 14.8 Å². The van der Waals surface area contributed by atoms with Gasteiger partial charge in [-0.2, -0.15) is 5.26 Å². The van der Waals surface area contributed by atoms with Crippen LogP contribution in [0.25, 0.3) is 0 Å². The Morgan fingerprint density at radius 2 is 2.00 bits per heavy atom. The molecule has 1 N–H and O–H groups in total. The second-order valence-corrected chi connectivity index (χ2v) is 6.59. The average molecular weight is 299 g/mol. The number of hydrogen-bond acceptors (Lipinski definition) is 5. The Morgan fingerprint density at radius 1 is 1.27 bits per heavy atom. The predicted octanol–water partition coefficient (Wildman–Crippen LogP) is 1.93. The lowest BCUT2D eigenvalue weighted by Crippen LogP contribution is -2.58. The standard InChI is InChI=1S/C17H25N5/c1-21-9-11-22(12-10-21)17(6-2-3-7-17)14-20-16-15(13-18)5-4-8-19-16/h4-5,8H,2-3,6-7,9-12,14H2,1H3,(H,19,20). The molecule has 0 bridgehead atoms. The maximum absolute atomic E-state index is 9.21. The van der Waals surface area contributed by atoms with E-state index in [2.05, 4.69) is 33.2 Å². The summed E-state index contributed by atoms with van der Waals surface area (Å²) in [5.74, 6) is 0.727. The van der Waals surface area contributed by atoms with Gasteiger partial charge in [-0.05, 0) is 32.0 Å². The molecule has 1 aliphatic heterocycles. The maximum Gasteiger partial charge on any atom is 0.143 e. The summed E-state index contributed by atoms with van der Waals surface area (Å²) in [7, 11) is 2.20. The van der Waals surface area contributed by atoms with Crippen molar-refractivity contribution < 1.29 is 0 Å². The fourth-order valence-corrected chi connectivity index (χ4v) is 3.80. The van der Waals surface area contributed by atoms with E-state index in [9.17, 15) is 5.26 Å². The van der Waals surface area contributed by atoms with Gasteiger partial charge in [-0.25, -0.2) is 4.98 Å². The van der Waals surface area contributed by atoms with E-state index in [0.29, 0.717) is 5.56 Å². The summed E-state index contributed by atoms with van der Waals surface area (Å²) >= 11 is 0. The van der Waals surface area contributed by atoms with Gasteiger partial charge in [0.25, 0.3) is 0 Å². The second-order valence-electron chi connectivity index (χ2n) is 6.59. The van der Waals surface area contributed by atoms with Crippen molar-refractivity contribution in [1.29, 1.82) is 5.26 Å². The van der Waals surface area contributed by atoms with Crippen LogP contribution in [0.2, 0.25) is 0 Å². The number of nitriles is 1. The third-order valence-corrected chi connectivity index (χ3v) is 5.22. The first kappa shape index (κ1) is 15.3. The van der Waals surface area contributed by atoms with Crippen molar-refractivity contribution in [3.63, 3.8) is 0 Å². The van der Waals surface area contributed by atoms with Gasteiger partial charge in [0.1, 0.15) is 11.9 Å². The molecule has 1 aliphatic carbocycles. The van der Waals surface area contributed by atoms with Gasteiger partial charge in [-0.1, -0.05) is 12.8 Å². The summed E-state index contributed by atoms with van der Waals surface area (Å²) in [6.45, 7) is 5.48. The van der Waals surface area contributed by atoms with Crippen LogP contribution in [0.4, 0.5) is 5.82 Å². The lowest BCUT2D eigenvalue weighted by Gasteiger charge is -2.45. The molecule has 1 saturated carbocycles. The highest BCUT2D eigenvalue weighted by Crippen LogP contribution is 2.36. The third kappa shape index (κ3) is 3.08. The number of nitrogens with zero attached hydrogens (tertiary/aromatic N) is 4. The van der Waals surface area contributed by atoms with Crippen molar-refractivity contribution >= 4 is 5.82 Å². The van der Waals surface area contributed by atoms with Crippen LogP contribution in [0.15, 0.2) is 18.3 Å². The average Bonchev–Trinajstić information content (AvgIpc) is 3.04. The van der Waals surface area contributed by atoms with Gasteiger partial charge in [-0.3, -0.25) is 4.90 Å². The van der Waals surface area contributed by atoms with Gasteiger partial charge < -0.3 is 10.2 Å². The zero-order chi connectivity index (χ0) is 15.4. The minimum atomic E-state index is 0.242. The van der Waals surface area contributed by atoms with Gasteiger partial charge in [-0.15, -0.1) is 0 Å². The van der Waals surface area contributed by atoms with Gasteiger partial charge in [0.05, 0.1) is 5.56 Å². The topological polar surface area (TPSA) is 55.2 Å². The number of rotatable bonds is 4. The molecule has 118 valence electrons. The van der Waals surface area contributed by atoms with Crippen molar-refractivity contribution in [3.05, 3.63) is 23.9 Å². The highest BCUT2D eigenvalue weighted by Gasteiger charge is 2.40. The fraction of sp³-hybridized carbons (Fsp3) is 0.647. The minimum absolute atomic E-state index is 0.242. The van der Waals surface area contributed by atoms with Gasteiger partial charge in [0.15, 0.2) is 0 Å². The quantitative estimate of drug-likeness (QED) is 0.920. The largest absolute Gasteiger partial charge is 0.367 e. The number of pyridine rings is 1. The third-order valence-electron chi connectivity index (χ3n) is 5.22. The highest BCUT2D eigenvalue weighted by atomic mass is 15.3. The normalized spacial score (nSPS) is 22.4. The number of nitrogens with one attached hydrogen (secondary N) is 1. The van der Waals surface area contributed by atoms with E-state index in [0.717, 1.165) is 38.5 Å². The Hall–Kier alpha value is -1.64. The Kier molecular flexibility index (Phi) is 4.60. The number of piperazine rings is 1. The van der Waals surface area contributed by atoms with Crippen LogP contribution in [0.5, 0.6) is 0 Å². The van der Waals surface area contributed by atoms with Crippen LogP contribution in [0.1, 0.15) is 31.2 Å². The molecule has 0 unspecified atom stereocenters. The molecule has 2 aliphatic rings. The smallest absolute Gasteiger partial charge is 0.143 e. The molecule has 0 radical (unpaired) electrons. The van der Waals surface area contributed by atoms with Gasteiger partial charge in [0.2, 0.25) is 0 Å². The van der Waals surface area contributed by atoms with Crippen molar-refractivity contribution in [2.45, 2.75) is 31.2 Å². The van der Waals surface area contributed by atoms with Gasteiger partial charge >= 0.3 is 0 Å². The van der Waals surface area contributed by atoms with E-state index < -0.39 is 0 Å². The molecule has 5 heteroatoms. The first-order valence-electron chi connectivity index (χ1n) is 8.26. The van der Waals surface area contributed by atoms with E-state index >= 15 is 0 Å². The summed E-state index contributed by atoms with van der Waals surface area (Å²) in [6, 6.07) is 5.86. The van der Waals surface area contributed by atoms with E-state index in [4.69, 9.17) is 0 Å². The van der Waals surface area contributed by atoms with Crippen LogP contribution in [0.3, 0.4) is 0 Å². The highest BCUT2D eigenvalue weighted by molar-refractivity contribution is 5.51. The lowest BCUT2D eigenvalue weighted by molar-refractivity contribution is 0.0510. The molecule has 1 saturated heterocycles. The Labute approximate surface area is 132 Å². The maximum atomic E-state index is 9.21. The molecule has 2 fully saturated rings. The summed E-state index contributed by atoms with van der Waals surface area (Å²) in [4.78, 5) is 9.41. The van der Waals surface area contributed by atoms with Crippen molar-refractivity contribution in [2.75, 3.05) is 45.1 Å². The number of likely N-dealkylation sites (N-methyl/N-ethyl adjacent to an activating group) is 1. The van der Waals surface area contributed by atoms with Crippen LogP contribution in [0, 0.1) is 11.3 Å². The number of hydrogen-bond donors (Lipinski definition) is 1. The zero-order valence-corrected chi connectivity index (χ0v) is 13.4. The first-order valence-corrected chi connectivity index (χ1v) is 8.26. The van der Waals surface area contributed by atoms with Crippen LogP contribution >= 0.6 is 0 Å². The minimum Gasteiger partial charge on any atom is -0.367 e. The number of aromatic nitrogens is 1. The molecular weight excluding hydrogens is 274 g/mol. The molecule has 0 spiro atoms. The summed E-state index contributed by atoms with van der Waals surface area (Å²) in [5.41, 5.74) is 0.875. The van der Waals surface area contributed by atoms with Crippen molar-refractivity contribution in [3.8, 4) is 6.07 Å². The number of anilines is 1. The molecule has 3 rings (SSSR count). The van der Waals surface area contributed by atoms with E-state index in [1.165, 1.54) is 25.7 Å². The summed E-state index contributed by atoms with van der Waals surface area (Å²) in [6.07, 6.45) is 6.86. The zero-order valence-electron chi connectivity index (χ0n) is 13.4. The SMILES string of the molecule is CN1CCN(C2(CNc3ncccc3C#N)CCCC2)CC1. The first-order chi connectivity index (χ1) is 10.7. The molecule has 0 amide bonds. The predicted molar refractivity (Wildman–Crippen MR) is 87.7 cm³/mol. The van der Waals surface area contributed by atoms with Crippen LogP contribution < -0.4 is 5.32 Å². The van der Waals surface area contributed by atoms with Gasteiger partial charge in [0, 0.05) is 44.5 Å². The summed E-state index contributed by atoms with van der Waals surface area (Å²) < 4.78 is 0. The van der Waals surface area contributed by atoms with E-state index in [1.807, 2.05) is 12.1 Å². The Balaban J connectivity index is 1.71. The lowest BCUT2D eigenvalue weighted by atomic mass is 9.93. The van der Waals surface area contributed by atoms with Crippen molar-refractivity contribution in [2.24, 2.45) is 0 Å². The molecule has 0 atom stereocenters. The second kappa shape index (κ2) is 6.64. The molecule has 1 aromatic heterocycles. The monoisotopic (exact) mass is 299 g/mol. The molecule has 2 heterocycles. The van der Waals surface area contributed by atoms with E-state index in [1.54, 1.807) is 6.20 Å². The molecule has 0 aromatic carbocycles. The molecule has 22 heavy (non-hydrogen) atoms. The van der Waals surface area contributed by atoms with E-state index in [-0.39, 0.29) is 5.54 Å². The van der Waals surface area contributed by atoms with Crippen LogP contribution in [-0.4, -0.2) is 60.1 Å². The molecular formula is C17H25N5. The fourth-order valence-electron chi connectivity index (χ4n) is 3.80.